The molecule has 2 aliphatic rings. The zero-order valence-corrected chi connectivity index (χ0v) is 20.0. The second-order valence-corrected chi connectivity index (χ2v) is 9.77. The van der Waals surface area contributed by atoms with Gasteiger partial charge in [0.05, 0.1) is 6.04 Å². The van der Waals surface area contributed by atoms with E-state index in [1.807, 2.05) is 6.92 Å². The highest BCUT2D eigenvalue weighted by Crippen LogP contribution is 2.31. The summed E-state index contributed by atoms with van der Waals surface area (Å²) in [7, 11) is 0. The molecule has 0 bridgehead atoms. The molecule has 7 heteroatoms. The molecule has 1 unspecified atom stereocenters. The minimum absolute atomic E-state index is 0.112. The highest BCUT2D eigenvalue weighted by atomic mass is 16.2. The molecular weight excluding hydrogens is 424 g/mol. The molecule has 1 fully saturated rings. The predicted molar refractivity (Wildman–Crippen MR) is 133 cm³/mol. The number of rotatable bonds is 6. The number of nitrogens with zero attached hydrogens (tertiary/aromatic N) is 5. The molecule has 1 saturated carbocycles. The summed E-state index contributed by atoms with van der Waals surface area (Å²) in [5.41, 5.74) is 3.95. The fourth-order valence-electron chi connectivity index (χ4n) is 5.41. The van der Waals surface area contributed by atoms with E-state index in [4.69, 9.17) is 0 Å². The number of fused-ring (bicyclic) bond motifs is 4. The fraction of sp³-hybridized carbons (Fsp3) is 0.444. The molecule has 7 nitrogen and oxygen atoms in total. The molecule has 176 valence electrons. The Bertz CT molecular complexity index is 1360. The molecule has 2 aromatic heterocycles. The van der Waals surface area contributed by atoms with E-state index >= 15 is 0 Å². The van der Waals surface area contributed by atoms with Gasteiger partial charge in [-0.15, -0.1) is 10.2 Å². The molecule has 1 atom stereocenters. The van der Waals surface area contributed by atoms with Crippen LogP contribution in [0.2, 0.25) is 0 Å². The minimum Gasteiger partial charge on any atom is -0.346 e. The van der Waals surface area contributed by atoms with Gasteiger partial charge in [0.25, 0.3) is 0 Å². The van der Waals surface area contributed by atoms with Crippen LogP contribution in [0.25, 0.3) is 21.8 Å². The van der Waals surface area contributed by atoms with Crippen LogP contribution in [0.4, 0.5) is 0 Å². The van der Waals surface area contributed by atoms with Gasteiger partial charge in [0, 0.05) is 66.9 Å². The lowest BCUT2D eigenvalue weighted by Crippen LogP contribution is -2.31. The van der Waals surface area contributed by atoms with Crippen molar-refractivity contribution < 1.29 is 4.79 Å². The van der Waals surface area contributed by atoms with E-state index in [0.717, 1.165) is 63.6 Å². The molecule has 3 heterocycles. The Hall–Kier alpha value is -3.19. The van der Waals surface area contributed by atoms with E-state index in [-0.39, 0.29) is 17.9 Å². The zero-order valence-electron chi connectivity index (χ0n) is 20.0. The summed E-state index contributed by atoms with van der Waals surface area (Å²) in [4.78, 5) is 14.7. The molecule has 6 rings (SSSR count). The SMILES string of the molecule is CCn1c2ccccc2c2cc(CN3CCc4nnc(C(C)NC(=O)C5CC5)n4CC3)ccc21. The van der Waals surface area contributed by atoms with Gasteiger partial charge in [-0.3, -0.25) is 9.69 Å². The lowest BCUT2D eigenvalue weighted by molar-refractivity contribution is -0.123. The van der Waals surface area contributed by atoms with E-state index in [2.05, 4.69) is 78.9 Å². The Kier molecular flexibility index (Phi) is 5.37. The van der Waals surface area contributed by atoms with Crippen molar-refractivity contribution in [2.75, 3.05) is 13.1 Å². The maximum absolute atomic E-state index is 12.2. The van der Waals surface area contributed by atoms with Crippen molar-refractivity contribution in [3.05, 3.63) is 59.7 Å². The number of para-hydroxylation sites is 1. The summed E-state index contributed by atoms with van der Waals surface area (Å²) in [6.45, 7) is 8.86. The standard InChI is InChI=1S/C27H32N6O/c1-3-32-23-7-5-4-6-21(23)22-16-19(8-11-24(22)32)17-31-13-12-25-29-30-26(33(25)15-14-31)18(2)28-27(34)20-9-10-20/h4-8,11,16,18,20H,3,9-10,12-15,17H2,1-2H3,(H,28,34). The lowest BCUT2D eigenvalue weighted by Gasteiger charge is -2.20. The van der Waals surface area contributed by atoms with Crippen LogP contribution in [0.5, 0.6) is 0 Å². The first kappa shape index (κ1) is 21.4. The molecule has 1 aliphatic heterocycles. The maximum Gasteiger partial charge on any atom is 0.223 e. The summed E-state index contributed by atoms with van der Waals surface area (Å²) < 4.78 is 4.62. The van der Waals surface area contributed by atoms with Crippen LogP contribution in [0.3, 0.4) is 0 Å². The average Bonchev–Trinajstić information content (AvgIpc) is 3.59. The van der Waals surface area contributed by atoms with E-state index in [1.165, 1.54) is 27.4 Å². The van der Waals surface area contributed by atoms with E-state index in [1.54, 1.807) is 0 Å². The highest BCUT2D eigenvalue weighted by molar-refractivity contribution is 6.08. The first-order chi connectivity index (χ1) is 16.6. The largest absolute Gasteiger partial charge is 0.346 e. The third-order valence-electron chi connectivity index (χ3n) is 7.40. The van der Waals surface area contributed by atoms with Crippen molar-refractivity contribution in [1.82, 2.24) is 29.5 Å². The monoisotopic (exact) mass is 456 g/mol. The fourth-order valence-corrected chi connectivity index (χ4v) is 5.41. The molecule has 1 N–H and O–H groups in total. The van der Waals surface area contributed by atoms with Gasteiger partial charge >= 0.3 is 0 Å². The van der Waals surface area contributed by atoms with Crippen molar-refractivity contribution >= 4 is 27.7 Å². The highest BCUT2D eigenvalue weighted by Gasteiger charge is 2.31. The number of amides is 1. The van der Waals surface area contributed by atoms with Gasteiger partial charge in [-0.25, -0.2) is 0 Å². The van der Waals surface area contributed by atoms with Crippen LogP contribution < -0.4 is 5.32 Å². The van der Waals surface area contributed by atoms with Gasteiger partial charge in [-0.05, 0) is 50.5 Å². The third kappa shape index (κ3) is 3.78. The number of nitrogens with one attached hydrogen (secondary N) is 1. The molecule has 0 spiro atoms. The van der Waals surface area contributed by atoms with Crippen molar-refractivity contribution in [3.63, 3.8) is 0 Å². The molecule has 0 radical (unpaired) electrons. The van der Waals surface area contributed by atoms with Gasteiger partial charge < -0.3 is 14.5 Å². The first-order valence-corrected chi connectivity index (χ1v) is 12.6. The van der Waals surface area contributed by atoms with Crippen LogP contribution in [0, 0.1) is 5.92 Å². The summed E-state index contributed by atoms with van der Waals surface area (Å²) >= 11 is 0. The Labute approximate surface area is 199 Å². The third-order valence-corrected chi connectivity index (χ3v) is 7.40. The van der Waals surface area contributed by atoms with E-state index < -0.39 is 0 Å². The molecule has 1 amide bonds. The zero-order chi connectivity index (χ0) is 23.2. The van der Waals surface area contributed by atoms with Crippen LogP contribution in [0.1, 0.15) is 49.9 Å². The second kappa shape index (κ2) is 8.55. The Morgan fingerprint density at radius 1 is 1.06 bits per heavy atom. The molecule has 4 aromatic rings. The number of hydrogen-bond donors (Lipinski definition) is 1. The Balaban J connectivity index is 1.19. The van der Waals surface area contributed by atoms with Crippen molar-refractivity contribution in [2.45, 2.75) is 58.8 Å². The summed E-state index contributed by atoms with van der Waals surface area (Å²) in [6, 6.07) is 15.5. The number of aromatic nitrogens is 4. The Morgan fingerprint density at radius 3 is 2.71 bits per heavy atom. The van der Waals surface area contributed by atoms with E-state index in [0.29, 0.717) is 0 Å². The Morgan fingerprint density at radius 2 is 1.88 bits per heavy atom. The molecular formula is C27H32N6O. The van der Waals surface area contributed by atoms with Crippen molar-refractivity contribution in [1.29, 1.82) is 0 Å². The summed E-state index contributed by atoms with van der Waals surface area (Å²) in [5, 5.41) is 14.7. The summed E-state index contributed by atoms with van der Waals surface area (Å²) in [6.07, 6.45) is 2.89. The normalized spacial score (nSPS) is 17.6. The number of benzene rings is 2. The van der Waals surface area contributed by atoms with Crippen molar-refractivity contribution in [2.24, 2.45) is 5.92 Å². The predicted octanol–water partition coefficient (Wildman–Crippen LogP) is 4.05. The minimum atomic E-state index is -0.112. The van der Waals surface area contributed by atoms with Gasteiger partial charge in [-0.1, -0.05) is 24.3 Å². The lowest BCUT2D eigenvalue weighted by atomic mass is 10.1. The van der Waals surface area contributed by atoms with Gasteiger partial charge in [0.2, 0.25) is 5.91 Å². The number of carbonyl (C=O) groups excluding carboxylic acids is 1. The molecule has 1 aliphatic carbocycles. The van der Waals surface area contributed by atoms with E-state index in [9.17, 15) is 4.79 Å². The number of hydrogen-bond acceptors (Lipinski definition) is 4. The average molecular weight is 457 g/mol. The van der Waals surface area contributed by atoms with Crippen molar-refractivity contribution in [3.8, 4) is 0 Å². The number of carbonyl (C=O) groups is 1. The van der Waals surface area contributed by atoms with Gasteiger partial charge in [0.15, 0.2) is 5.82 Å². The van der Waals surface area contributed by atoms with Crippen LogP contribution >= 0.6 is 0 Å². The maximum atomic E-state index is 12.2. The molecule has 34 heavy (non-hydrogen) atoms. The molecule has 2 aromatic carbocycles. The van der Waals surface area contributed by atoms with Gasteiger partial charge in [-0.2, -0.15) is 0 Å². The summed E-state index contributed by atoms with van der Waals surface area (Å²) in [5.74, 6) is 2.25. The second-order valence-electron chi connectivity index (χ2n) is 9.77. The topological polar surface area (TPSA) is 68.0 Å². The molecule has 0 saturated heterocycles. The smallest absolute Gasteiger partial charge is 0.223 e. The van der Waals surface area contributed by atoms with Gasteiger partial charge in [0.1, 0.15) is 5.82 Å². The van der Waals surface area contributed by atoms with Crippen LogP contribution in [0.15, 0.2) is 42.5 Å². The van der Waals surface area contributed by atoms with Crippen LogP contribution in [-0.4, -0.2) is 43.2 Å². The number of aryl methyl sites for hydroxylation is 1. The van der Waals surface area contributed by atoms with Crippen LogP contribution in [-0.2, 0) is 30.8 Å². The first-order valence-electron chi connectivity index (χ1n) is 12.6. The quantitative estimate of drug-likeness (QED) is 0.475.